The first-order chi connectivity index (χ1) is 10.9. The van der Waals surface area contributed by atoms with Crippen molar-refractivity contribution >= 4 is 10.8 Å². The van der Waals surface area contributed by atoms with Gasteiger partial charge in [-0.15, -0.1) is 0 Å². The molecule has 2 aromatic carbocycles. The summed E-state index contributed by atoms with van der Waals surface area (Å²) in [5.41, 5.74) is -0.299. The lowest BCUT2D eigenvalue weighted by atomic mass is 10.0. The smallest absolute Gasteiger partial charge is 0.281 e. The Bertz CT molecular complexity index is 911. The summed E-state index contributed by atoms with van der Waals surface area (Å²) in [7, 11) is 0. The Labute approximate surface area is 130 Å². The van der Waals surface area contributed by atoms with E-state index in [1.165, 1.54) is 10.6 Å². The number of halogens is 3. The van der Waals surface area contributed by atoms with E-state index in [1.807, 2.05) is 6.92 Å². The van der Waals surface area contributed by atoms with Crippen molar-refractivity contribution < 1.29 is 13.2 Å². The molecule has 0 unspecified atom stereocenters. The number of fused-ring (bicyclic) bond motifs is 1. The minimum atomic E-state index is -4.57. The summed E-state index contributed by atoms with van der Waals surface area (Å²) in [4.78, 5) is 12.8. The van der Waals surface area contributed by atoms with Crippen LogP contribution in [-0.2, 0) is 12.6 Å². The van der Waals surface area contributed by atoms with Crippen LogP contribution in [0.2, 0.25) is 0 Å². The SMILES string of the molecule is CCc1cc2cccc(C(F)(F)F)c2c(=O)n1-c1ccccc1. The molecule has 0 atom stereocenters. The number of pyridine rings is 1. The van der Waals surface area contributed by atoms with Crippen molar-refractivity contribution in [1.29, 1.82) is 0 Å². The summed E-state index contributed by atoms with van der Waals surface area (Å²) in [5, 5.41) is 0.0231. The first kappa shape index (κ1) is 15.3. The van der Waals surface area contributed by atoms with Crippen molar-refractivity contribution in [3.8, 4) is 5.69 Å². The molecular formula is C18H14F3NO. The molecule has 0 saturated heterocycles. The standard InChI is InChI=1S/C18H14F3NO/c1-2-13-11-12-7-6-10-15(18(19,20)21)16(12)17(23)22(13)14-8-4-3-5-9-14/h3-11H,2H2,1H3. The zero-order chi connectivity index (χ0) is 16.6. The summed E-state index contributed by atoms with van der Waals surface area (Å²) < 4.78 is 41.2. The van der Waals surface area contributed by atoms with E-state index in [9.17, 15) is 18.0 Å². The van der Waals surface area contributed by atoms with Gasteiger partial charge in [0.2, 0.25) is 0 Å². The molecule has 3 rings (SSSR count). The number of aryl methyl sites for hydroxylation is 1. The van der Waals surface area contributed by atoms with Gasteiger partial charge in [-0.05, 0) is 36.1 Å². The van der Waals surface area contributed by atoms with E-state index >= 15 is 0 Å². The molecule has 5 heteroatoms. The van der Waals surface area contributed by atoms with Crippen LogP contribution < -0.4 is 5.56 Å². The Morgan fingerprint density at radius 2 is 1.70 bits per heavy atom. The lowest BCUT2D eigenvalue weighted by molar-refractivity contribution is -0.136. The van der Waals surface area contributed by atoms with Gasteiger partial charge in [0.05, 0.1) is 10.9 Å². The van der Waals surface area contributed by atoms with E-state index < -0.39 is 17.3 Å². The van der Waals surface area contributed by atoms with E-state index in [0.29, 0.717) is 23.2 Å². The molecule has 0 spiro atoms. The Kier molecular flexibility index (Phi) is 3.72. The molecule has 0 amide bonds. The Morgan fingerprint density at radius 1 is 1.00 bits per heavy atom. The third-order valence-corrected chi connectivity index (χ3v) is 3.81. The number of rotatable bonds is 2. The van der Waals surface area contributed by atoms with Crippen LogP contribution in [0.3, 0.4) is 0 Å². The van der Waals surface area contributed by atoms with E-state index in [2.05, 4.69) is 0 Å². The van der Waals surface area contributed by atoms with Crippen molar-refractivity contribution in [2.24, 2.45) is 0 Å². The maximum atomic E-state index is 13.3. The molecule has 0 aliphatic rings. The Morgan fingerprint density at radius 3 is 2.30 bits per heavy atom. The summed E-state index contributed by atoms with van der Waals surface area (Å²) in [6.45, 7) is 1.87. The summed E-state index contributed by atoms with van der Waals surface area (Å²) in [6.07, 6.45) is -4.03. The van der Waals surface area contributed by atoms with Gasteiger partial charge in [0.15, 0.2) is 0 Å². The van der Waals surface area contributed by atoms with Gasteiger partial charge in [-0.3, -0.25) is 9.36 Å². The second kappa shape index (κ2) is 5.57. The first-order valence-electron chi connectivity index (χ1n) is 7.23. The molecule has 2 nitrogen and oxygen atoms in total. The molecule has 3 aromatic rings. The molecule has 0 saturated carbocycles. The summed E-state index contributed by atoms with van der Waals surface area (Å²) in [5.74, 6) is 0. The number of nitrogens with zero attached hydrogens (tertiary/aromatic N) is 1. The third-order valence-electron chi connectivity index (χ3n) is 3.81. The van der Waals surface area contributed by atoms with Crippen molar-refractivity contribution in [3.63, 3.8) is 0 Å². The number of hydrogen-bond donors (Lipinski definition) is 0. The van der Waals surface area contributed by atoms with E-state index in [-0.39, 0.29) is 5.39 Å². The van der Waals surface area contributed by atoms with Crippen molar-refractivity contribution in [3.05, 3.63) is 76.2 Å². The maximum absolute atomic E-state index is 13.3. The Hall–Kier alpha value is -2.56. The predicted molar refractivity (Wildman–Crippen MR) is 83.9 cm³/mol. The van der Waals surface area contributed by atoms with Crippen LogP contribution in [0.25, 0.3) is 16.5 Å². The van der Waals surface area contributed by atoms with Crippen LogP contribution in [0, 0.1) is 0 Å². The second-order valence-corrected chi connectivity index (χ2v) is 5.23. The minimum Gasteiger partial charge on any atom is -0.281 e. The van der Waals surface area contributed by atoms with Gasteiger partial charge in [-0.2, -0.15) is 13.2 Å². The van der Waals surface area contributed by atoms with Crippen molar-refractivity contribution in [2.45, 2.75) is 19.5 Å². The zero-order valence-corrected chi connectivity index (χ0v) is 12.4. The van der Waals surface area contributed by atoms with Gasteiger partial charge in [0.1, 0.15) is 0 Å². The number of hydrogen-bond acceptors (Lipinski definition) is 1. The van der Waals surface area contributed by atoms with Crippen LogP contribution in [0.5, 0.6) is 0 Å². The zero-order valence-electron chi connectivity index (χ0n) is 12.4. The maximum Gasteiger partial charge on any atom is 0.417 e. The minimum absolute atomic E-state index is 0.291. The summed E-state index contributed by atoms with van der Waals surface area (Å²) in [6, 6.07) is 14.2. The highest BCUT2D eigenvalue weighted by atomic mass is 19.4. The topological polar surface area (TPSA) is 22.0 Å². The van der Waals surface area contributed by atoms with Crippen molar-refractivity contribution in [1.82, 2.24) is 4.57 Å². The van der Waals surface area contributed by atoms with E-state index in [4.69, 9.17) is 0 Å². The largest absolute Gasteiger partial charge is 0.417 e. The predicted octanol–water partition coefficient (Wildman–Crippen LogP) is 4.57. The number of alkyl halides is 3. The highest BCUT2D eigenvalue weighted by Crippen LogP contribution is 2.33. The van der Waals surface area contributed by atoms with E-state index in [1.54, 1.807) is 42.5 Å². The molecule has 0 N–H and O–H groups in total. The number of para-hydroxylation sites is 1. The lowest BCUT2D eigenvalue weighted by Gasteiger charge is -2.16. The fraction of sp³-hybridized carbons (Fsp3) is 0.167. The molecule has 118 valence electrons. The fourth-order valence-electron chi connectivity index (χ4n) is 2.77. The molecule has 1 heterocycles. The number of benzene rings is 2. The Balaban J connectivity index is 2.46. The lowest BCUT2D eigenvalue weighted by Crippen LogP contribution is -2.24. The molecule has 0 bridgehead atoms. The van der Waals surface area contributed by atoms with Gasteiger partial charge in [-0.25, -0.2) is 0 Å². The number of aromatic nitrogens is 1. The monoisotopic (exact) mass is 317 g/mol. The summed E-state index contributed by atoms with van der Waals surface area (Å²) >= 11 is 0. The molecule has 23 heavy (non-hydrogen) atoms. The second-order valence-electron chi connectivity index (χ2n) is 5.23. The quantitative estimate of drug-likeness (QED) is 0.678. The molecule has 0 aliphatic heterocycles. The van der Waals surface area contributed by atoms with Gasteiger partial charge < -0.3 is 0 Å². The molecule has 0 radical (unpaired) electrons. The molecule has 0 fully saturated rings. The highest BCUT2D eigenvalue weighted by molar-refractivity contribution is 5.86. The van der Waals surface area contributed by atoms with Gasteiger partial charge in [0.25, 0.3) is 5.56 Å². The third kappa shape index (κ3) is 2.63. The molecule has 0 aliphatic carbocycles. The van der Waals surface area contributed by atoms with Gasteiger partial charge in [-0.1, -0.05) is 37.3 Å². The van der Waals surface area contributed by atoms with Crippen LogP contribution in [0.1, 0.15) is 18.2 Å². The average molecular weight is 317 g/mol. The van der Waals surface area contributed by atoms with Gasteiger partial charge >= 0.3 is 6.18 Å². The highest BCUT2D eigenvalue weighted by Gasteiger charge is 2.34. The van der Waals surface area contributed by atoms with E-state index in [0.717, 1.165) is 6.07 Å². The van der Waals surface area contributed by atoms with Crippen LogP contribution >= 0.6 is 0 Å². The molecular weight excluding hydrogens is 303 g/mol. The first-order valence-corrected chi connectivity index (χ1v) is 7.23. The average Bonchev–Trinajstić information content (AvgIpc) is 2.54. The van der Waals surface area contributed by atoms with Crippen molar-refractivity contribution in [2.75, 3.05) is 0 Å². The van der Waals surface area contributed by atoms with Gasteiger partial charge in [0, 0.05) is 11.4 Å². The fourth-order valence-corrected chi connectivity index (χ4v) is 2.77. The molecule has 1 aromatic heterocycles. The van der Waals surface area contributed by atoms with Crippen LogP contribution in [0.4, 0.5) is 13.2 Å². The van der Waals surface area contributed by atoms with Crippen LogP contribution in [-0.4, -0.2) is 4.57 Å². The normalized spacial score (nSPS) is 11.8. The van der Waals surface area contributed by atoms with Crippen LogP contribution in [0.15, 0.2) is 59.4 Å².